The lowest BCUT2D eigenvalue weighted by atomic mass is 10.1. The Morgan fingerprint density at radius 2 is 1.85 bits per heavy atom. The Morgan fingerprint density at radius 1 is 1.07 bits per heavy atom. The van der Waals surface area contributed by atoms with Gasteiger partial charge in [0.15, 0.2) is 5.11 Å². The molecule has 0 aliphatic carbocycles. The van der Waals surface area contributed by atoms with Crippen LogP contribution in [0.3, 0.4) is 0 Å². The second-order valence-corrected chi connectivity index (χ2v) is 7.44. The molecule has 2 aromatic carbocycles. The average Bonchev–Trinajstić information content (AvgIpc) is 3.17. The summed E-state index contributed by atoms with van der Waals surface area (Å²) in [5.41, 5.74) is 10.7. The predicted octanol–water partition coefficient (Wildman–Crippen LogP) is 4.92. The van der Waals surface area contributed by atoms with Crippen molar-refractivity contribution in [3.63, 3.8) is 0 Å². The standard InChI is InChI=1S/C21H21N3OS2/c1-3-15-5-4-6-17(13-15)22-21(26)24-23-20(25)19-18(11-12-27-19)16-9-7-14(2)8-10-16/h4-13H,3H2,1-2H3,(H,23,25)(H2,22,24,26). The number of carbonyl (C=O) groups is 1. The Morgan fingerprint density at radius 3 is 2.59 bits per heavy atom. The number of thiophene rings is 1. The van der Waals surface area contributed by atoms with Gasteiger partial charge in [0, 0.05) is 11.3 Å². The Labute approximate surface area is 168 Å². The average molecular weight is 396 g/mol. The van der Waals surface area contributed by atoms with Crippen molar-refractivity contribution in [2.75, 3.05) is 5.32 Å². The molecule has 0 aliphatic rings. The fraction of sp³-hybridized carbons (Fsp3) is 0.143. The molecule has 1 aromatic heterocycles. The van der Waals surface area contributed by atoms with Gasteiger partial charge in [0.2, 0.25) is 0 Å². The molecule has 0 saturated carbocycles. The molecule has 0 aliphatic heterocycles. The van der Waals surface area contributed by atoms with Crippen LogP contribution >= 0.6 is 23.6 Å². The van der Waals surface area contributed by atoms with Crippen LogP contribution in [0, 0.1) is 6.92 Å². The lowest BCUT2D eigenvalue weighted by Crippen LogP contribution is -2.43. The quantitative estimate of drug-likeness (QED) is 0.434. The van der Waals surface area contributed by atoms with E-state index in [1.807, 2.05) is 60.8 Å². The molecule has 3 aromatic rings. The van der Waals surface area contributed by atoms with Crippen LogP contribution in [0.25, 0.3) is 11.1 Å². The maximum Gasteiger partial charge on any atom is 0.280 e. The van der Waals surface area contributed by atoms with Gasteiger partial charge in [-0.15, -0.1) is 11.3 Å². The third-order valence-electron chi connectivity index (χ3n) is 4.12. The molecule has 0 unspecified atom stereocenters. The molecule has 3 rings (SSSR count). The number of hydrogen-bond acceptors (Lipinski definition) is 3. The fourth-order valence-electron chi connectivity index (χ4n) is 2.65. The summed E-state index contributed by atoms with van der Waals surface area (Å²) in [6.45, 7) is 4.14. The van der Waals surface area contributed by atoms with E-state index in [2.05, 4.69) is 29.2 Å². The van der Waals surface area contributed by atoms with E-state index in [-0.39, 0.29) is 5.91 Å². The lowest BCUT2D eigenvalue weighted by molar-refractivity contribution is 0.0949. The van der Waals surface area contributed by atoms with Gasteiger partial charge in [0.05, 0.1) is 0 Å². The normalized spacial score (nSPS) is 10.3. The maximum atomic E-state index is 12.6. The summed E-state index contributed by atoms with van der Waals surface area (Å²) in [5.74, 6) is -0.216. The zero-order valence-electron chi connectivity index (χ0n) is 15.2. The number of carbonyl (C=O) groups excluding carboxylic acids is 1. The van der Waals surface area contributed by atoms with Gasteiger partial charge in [-0.2, -0.15) is 0 Å². The first kappa shape index (κ1) is 19.1. The molecule has 0 fully saturated rings. The number of hydrogen-bond donors (Lipinski definition) is 3. The highest BCUT2D eigenvalue weighted by atomic mass is 32.1. The Kier molecular flexibility index (Phi) is 6.21. The van der Waals surface area contributed by atoms with E-state index in [0.717, 1.165) is 23.2 Å². The number of nitrogens with one attached hydrogen (secondary N) is 3. The first-order valence-corrected chi connectivity index (χ1v) is 9.96. The molecule has 3 N–H and O–H groups in total. The van der Waals surface area contributed by atoms with Crippen LogP contribution in [0.1, 0.15) is 27.7 Å². The van der Waals surface area contributed by atoms with Crippen LogP contribution < -0.4 is 16.2 Å². The molecule has 0 saturated heterocycles. The van der Waals surface area contributed by atoms with Gasteiger partial charge in [0.25, 0.3) is 5.91 Å². The second-order valence-electron chi connectivity index (χ2n) is 6.12. The highest BCUT2D eigenvalue weighted by Crippen LogP contribution is 2.28. The van der Waals surface area contributed by atoms with Crippen molar-refractivity contribution in [3.8, 4) is 11.1 Å². The fourth-order valence-corrected chi connectivity index (χ4v) is 3.63. The van der Waals surface area contributed by atoms with E-state index in [4.69, 9.17) is 12.2 Å². The SMILES string of the molecule is CCc1cccc(NC(=S)NNC(=O)c2sccc2-c2ccc(C)cc2)c1. The first-order chi connectivity index (χ1) is 13.1. The van der Waals surface area contributed by atoms with Crippen LogP contribution in [-0.4, -0.2) is 11.0 Å². The van der Waals surface area contributed by atoms with Crippen molar-refractivity contribution in [1.82, 2.24) is 10.9 Å². The second kappa shape index (κ2) is 8.79. The number of benzene rings is 2. The van der Waals surface area contributed by atoms with Crippen molar-refractivity contribution in [2.45, 2.75) is 20.3 Å². The molecule has 0 spiro atoms. The van der Waals surface area contributed by atoms with Crippen molar-refractivity contribution in [3.05, 3.63) is 76.0 Å². The first-order valence-electron chi connectivity index (χ1n) is 8.67. The third kappa shape index (κ3) is 4.93. The topological polar surface area (TPSA) is 53.2 Å². The highest BCUT2D eigenvalue weighted by Gasteiger charge is 2.14. The van der Waals surface area contributed by atoms with E-state index in [1.54, 1.807) is 0 Å². The molecule has 138 valence electrons. The monoisotopic (exact) mass is 395 g/mol. The van der Waals surface area contributed by atoms with Gasteiger partial charge in [0.1, 0.15) is 4.88 Å². The van der Waals surface area contributed by atoms with E-state index < -0.39 is 0 Å². The molecule has 0 bridgehead atoms. The number of amides is 1. The smallest absolute Gasteiger partial charge is 0.280 e. The van der Waals surface area contributed by atoms with Crippen molar-refractivity contribution < 1.29 is 4.79 Å². The Bertz CT molecular complexity index is 948. The minimum Gasteiger partial charge on any atom is -0.331 e. The molecule has 0 radical (unpaired) electrons. The highest BCUT2D eigenvalue weighted by molar-refractivity contribution is 7.80. The van der Waals surface area contributed by atoms with Gasteiger partial charge in [-0.25, -0.2) is 0 Å². The van der Waals surface area contributed by atoms with Gasteiger partial charge >= 0.3 is 0 Å². The van der Waals surface area contributed by atoms with Crippen LogP contribution in [-0.2, 0) is 6.42 Å². The number of aryl methyl sites for hydroxylation is 2. The van der Waals surface area contributed by atoms with Crippen LogP contribution in [0.2, 0.25) is 0 Å². The van der Waals surface area contributed by atoms with E-state index in [0.29, 0.717) is 9.99 Å². The Hall–Kier alpha value is -2.70. The summed E-state index contributed by atoms with van der Waals surface area (Å²) in [6.07, 6.45) is 0.951. The van der Waals surface area contributed by atoms with Gasteiger partial charge < -0.3 is 5.32 Å². The molecular weight excluding hydrogens is 374 g/mol. The molecule has 4 nitrogen and oxygen atoms in total. The number of rotatable bonds is 4. The summed E-state index contributed by atoms with van der Waals surface area (Å²) in [5, 5.41) is 5.33. The van der Waals surface area contributed by atoms with Crippen molar-refractivity contribution in [2.24, 2.45) is 0 Å². The molecule has 1 amide bonds. The van der Waals surface area contributed by atoms with Crippen LogP contribution in [0.4, 0.5) is 5.69 Å². The summed E-state index contributed by atoms with van der Waals surface area (Å²) >= 11 is 6.67. The lowest BCUT2D eigenvalue weighted by Gasteiger charge is -2.12. The minimum absolute atomic E-state index is 0.216. The van der Waals surface area contributed by atoms with Crippen LogP contribution in [0.15, 0.2) is 60.0 Å². The number of anilines is 1. The van der Waals surface area contributed by atoms with Crippen molar-refractivity contribution >= 4 is 40.3 Å². The minimum atomic E-state index is -0.216. The third-order valence-corrected chi connectivity index (χ3v) is 5.23. The van der Waals surface area contributed by atoms with E-state index in [9.17, 15) is 4.79 Å². The summed E-state index contributed by atoms with van der Waals surface area (Å²) in [7, 11) is 0. The van der Waals surface area contributed by atoms with Gasteiger partial charge in [-0.05, 0) is 60.3 Å². The van der Waals surface area contributed by atoms with Gasteiger partial charge in [-0.3, -0.25) is 15.6 Å². The molecule has 6 heteroatoms. The molecule has 27 heavy (non-hydrogen) atoms. The number of hydrazine groups is 1. The predicted molar refractivity (Wildman–Crippen MR) is 117 cm³/mol. The zero-order valence-corrected chi connectivity index (χ0v) is 16.8. The summed E-state index contributed by atoms with van der Waals surface area (Å²) in [4.78, 5) is 13.2. The molecular formula is C21H21N3OS2. The van der Waals surface area contributed by atoms with E-state index in [1.165, 1.54) is 22.5 Å². The number of thiocarbonyl (C=S) groups is 1. The Balaban J connectivity index is 1.62. The maximum absolute atomic E-state index is 12.6. The van der Waals surface area contributed by atoms with E-state index >= 15 is 0 Å². The van der Waals surface area contributed by atoms with Crippen LogP contribution in [0.5, 0.6) is 0 Å². The largest absolute Gasteiger partial charge is 0.331 e. The zero-order chi connectivity index (χ0) is 19.2. The van der Waals surface area contributed by atoms with Gasteiger partial charge in [-0.1, -0.05) is 48.9 Å². The summed E-state index contributed by atoms with van der Waals surface area (Å²) < 4.78 is 0. The summed E-state index contributed by atoms with van der Waals surface area (Å²) in [6, 6.07) is 18.1. The molecule has 1 heterocycles. The molecule has 0 atom stereocenters. The van der Waals surface area contributed by atoms with Crippen molar-refractivity contribution in [1.29, 1.82) is 0 Å².